The molecule has 4 aliphatic carbocycles. The lowest BCUT2D eigenvalue weighted by Gasteiger charge is -2.60. The van der Waals surface area contributed by atoms with Crippen LogP contribution in [-0.4, -0.2) is 51.2 Å². The number of Topliss-reactive ketones (excluding diaryl/α,β-unsaturated/α-hetero) is 1. The lowest BCUT2D eigenvalue weighted by atomic mass is 9.45. The molecule has 0 saturated heterocycles. The molecule has 31 heavy (non-hydrogen) atoms. The minimum atomic E-state index is -1.70. The fourth-order valence-electron chi connectivity index (χ4n) is 7.74. The zero-order chi connectivity index (χ0) is 22.9. The number of allylic oxidation sites excluding steroid dienone is 3. The summed E-state index contributed by atoms with van der Waals surface area (Å²) in [5.74, 6) is -1.82. The predicted molar refractivity (Wildman–Crippen MR) is 110 cm³/mol. The maximum Gasteiger partial charge on any atom is 0.307 e. The molecule has 0 aromatic rings. The van der Waals surface area contributed by atoms with Crippen molar-refractivity contribution in [1.29, 1.82) is 0 Å². The smallest absolute Gasteiger partial charge is 0.307 e. The van der Waals surface area contributed by atoms with E-state index in [9.17, 15) is 29.7 Å². The van der Waals surface area contributed by atoms with Crippen molar-refractivity contribution in [2.24, 2.45) is 34.5 Å². The van der Waals surface area contributed by atoms with E-state index in [4.69, 9.17) is 4.74 Å². The summed E-state index contributed by atoms with van der Waals surface area (Å²) in [5.41, 5.74) is -2.53. The number of ether oxygens (including phenoxy) is 1. The second kappa shape index (κ2) is 7.09. The van der Waals surface area contributed by atoms with E-state index in [-0.39, 0.29) is 41.6 Å². The highest BCUT2D eigenvalue weighted by molar-refractivity contribution is 6.02. The van der Waals surface area contributed by atoms with Gasteiger partial charge in [-0.05, 0) is 56.4 Å². The number of carbonyl (C=O) groups is 3. The van der Waals surface area contributed by atoms with Crippen LogP contribution in [0.4, 0.5) is 0 Å². The van der Waals surface area contributed by atoms with Crippen molar-refractivity contribution < 1.29 is 34.4 Å². The van der Waals surface area contributed by atoms with E-state index in [1.54, 1.807) is 6.08 Å². The van der Waals surface area contributed by atoms with Gasteiger partial charge in [0, 0.05) is 24.3 Å². The summed E-state index contributed by atoms with van der Waals surface area (Å²) in [4.78, 5) is 36.7. The highest BCUT2D eigenvalue weighted by Crippen LogP contribution is 2.69. The second-order valence-corrected chi connectivity index (χ2v) is 10.4. The number of esters is 1. The quantitative estimate of drug-likeness (QED) is 0.580. The molecular formula is C24H32O7. The van der Waals surface area contributed by atoms with Gasteiger partial charge < -0.3 is 20.1 Å². The van der Waals surface area contributed by atoms with Crippen molar-refractivity contribution in [3.8, 4) is 0 Å². The Kier molecular flexibility index (Phi) is 5.11. The van der Waals surface area contributed by atoms with Crippen LogP contribution < -0.4 is 0 Å². The Morgan fingerprint density at radius 1 is 1.26 bits per heavy atom. The molecule has 0 aromatic heterocycles. The molecule has 1 unspecified atom stereocenters. The largest absolute Gasteiger partial charge is 0.430 e. The summed E-state index contributed by atoms with van der Waals surface area (Å²) < 4.78 is 5.50. The molecule has 0 aliphatic heterocycles. The SMILES string of the molecule is CC(=O)OC1=CC(=O)C=C2CC[C@@H]3[C@H]([C@@H](O)C[C@@]4(C)[C@H]3CC(C)[C@]4(O)C(=O)CO)[C@]21C. The van der Waals surface area contributed by atoms with Crippen molar-refractivity contribution in [2.75, 3.05) is 6.61 Å². The third-order valence-corrected chi connectivity index (χ3v) is 9.04. The zero-order valence-electron chi connectivity index (χ0n) is 18.6. The number of fused-ring (bicyclic) bond motifs is 5. The minimum absolute atomic E-state index is 0.0361. The fraction of sp³-hybridized carbons (Fsp3) is 0.708. The van der Waals surface area contributed by atoms with E-state index in [1.165, 1.54) is 13.0 Å². The number of hydrogen-bond donors (Lipinski definition) is 3. The first-order valence-corrected chi connectivity index (χ1v) is 11.1. The van der Waals surface area contributed by atoms with Crippen molar-refractivity contribution in [3.63, 3.8) is 0 Å². The summed E-state index contributed by atoms with van der Waals surface area (Å²) >= 11 is 0. The van der Waals surface area contributed by atoms with E-state index in [2.05, 4.69) is 0 Å². The van der Waals surface area contributed by atoms with E-state index < -0.39 is 40.9 Å². The van der Waals surface area contributed by atoms with Gasteiger partial charge >= 0.3 is 5.97 Å². The Morgan fingerprint density at radius 3 is 2.55 bits per heavy atom. The van der Waals surface area contributed by atoms with Crippen molar-refractivity contribution in [3.05, 3.63) is 23.5 Å². The minimum Gasteiger partial charge on any atom is -0.430 e. The standard InChI is InChI=1S/C24H32O7/c1-12-7-17-16-6-5-14-8-15(27)9-20(31-13(2)26)23(14,4)21(16)18(28)10-22(17,3)24(12,30)19(29)11-25/h8-9,12,16-18,21,25,28,30H,5-7,10-11H2,1-4H3/t12?,16-,17-,18-,21+,22-,23+,24-/m0/s1. The molecule has 4 aliphatic rings. The molecule has 3 saturated carbocycles. The van der Waals surface area contributed by atoms with Gasteiger partial charge in [0.05, 0.1) is 11.5 Å². The highest BCUT2D eigenvalue weighted by Gasteiger charge is 2.71. The average Bonchev–Trinajstić information content (AvgIpc) is 2.89. The van der Waals surface area contributed by atoms with Crippen molar-refractivity contribution >= 4 is 17.5 Å². The van der Waals surface area contributed by atoms with E-state index in [1.807, 2.05) is 20.8 Å². The summed E-state index contributed by atoms with van der Waals surface area (Å²) in [7, 11) is 0. The first-order chi connectivity index (χ1) is 14.4. The van der Waals surface area contributed by atoms with Crippen LogP contribution in [0.1, 0.15) is 53.4 Å². The molecule has 3 N–H and O–H groups in total. The fourth-order valence-corrected chi connectivity index (χ4v) is 7.74. The second-order valence-electron chi connectivity index (χ2n) is 10.4. The normalized spacial score (nSPS) is 46.3. The Morgan fingerprint density at radius 2 is 1.94 bits per heavy atom. The molecule has 0 heterocycles. The number of aliphatic hydroxyl groups is 3. The van der Waals surface area contributed by atoms with Crippen LogP contribution in [0.25, 0.3) is 0 Å². The molecule has 8 atom stereocenters. The van der Waals surface area contributed by atoms with E-state index in [0.29, 0.717) is 19.3 Å². The van der Waals surface area contributed by atoms with Gasteiger partial charge in [-0.3, -0.25) is 14.4 Å². The molecule has 7 nitrogen and oxygen atoms in total. The van der Waals surface area contributed by atoms with Crippen LogP contribution >= 0.6 is 0 Å². The van der Waals surface area contributed by atoms with Gasteiger partial charge in [0.25, 0.3) is 0 Å². The Balaban J connectivity index is 1.80. The summed E-state index contributed by atoms with van der Waals surface area (Å²) in [5, 5.41) is 32.5. The molecule has 7 heteroatoms. The first kappa shape index (κ1) is 22.4. The van der Waals surface area contributed by atoms with E-state index in [0.717, 1.165) is 5.57 Å². The van der Waals surface area contributed by atoms with Gasteiger partial charge in [-0.25, -0.2) is 0 Å². The summed E-state index contributed by atoms with van der Waals surface area (Å²) in [6.07, 6.45) is 4.17. The topological polar surface area (TPSA) is 121 Å². The molecule has 170 valence electrons. The van der Waals surface area contributed by atoms with Gasteiger partial charge in [0.15, 0.2) is 11.6 Å². The Labute approximate surface area is 182 Å². The number of carbonyl (C=O) groups excluding carboxylic acids is 3. The number of rotatable bonds is 3. The molecule has 0 aromatic carbocycles. The van der Waals surface area contributed by atoms with Crippen LogP contribution in [0.15, 0.2) is 23.5 Å². The molecule has 4 rings (SSSR count). The van der Waals surface area contributed by atoms with Crippen LogP contribution in [0, 0.1) is 34.5 Å². The summed E-state index contributed by atoms with van der Waals surface area (Å²) in [6.45, 7) is 6.17. The molecule has 3 fully saturated rings. The molecule has 0 bridgehead atoms. The van der Waals surface area contributed by atoms with Gasteiger partial charge in [0.2, 0.25) is 0 Å². The third kappa shape index (κ3) is 2.79. The number of ketones is 2. The van der Waals surface area contributed by atoms with Crippen molar-refractivity contribution in [2.45, 2.75) is 65.1 Å². The lowest BCUT2D eigenvalue weighted by Crippen LogP contribution is -2.63. The molecule has 0 amide bonds. The van der Waals surface area contributed by atoms with Crippen LogP contribution in [-0.2, 0) is 19.1 Å². The predicted octanol–water partition coefficient (Wildman–Crippen LogP) is 1.69. The van der Waals surface area contributed by atoms with Gasteiger partial charge in [-0.2, -0.15) is 0 Å². The highest BCUT2D eigenvalue weighted by atomic mass is 16.5. The molecule has 0 radical (unpaired) electrons. The molecule has 0 spiro atoms. The number of hydrogen-bond acceptors (Lipinski definition) is 7. The Hall–Kier alpha value is -1.83. The van der Waals surface area contributed by atoms with Gasteiger partial charge in [-0.15, -0.1) is 0 Å². The molecular weight excluding hydrogens is 400 g/mol. The van der Waals surface area contributed by atoms with Crippen LogP contribution in [0.5, 0.6) is 0 Å². The third-order valence-electron chi connectivity index (χ3n) is 9.04. The number of aliphatic hydroxyl groups excluding tert-OH is 2. The maximum absolute atomic E-state index is 12.7. The lowest BCUT2D eigenvalue weighted by molar-refractivity contribution is -0.186. The van der Waals surface area contributed by atoms with E-state index >= 15 is 0 Å². The van der Waals surface area contributed by atoms with Gasteiger partial charge in [0.1, 0.15) is 18.0 Å². The average molecular weight is 433 g/mol. The monoisotopic (exact) mass is 432 g/mol. The Bertz CT molecular complexity index is 904. The zero-order valence-corrected chi connectivity index (χ0v) is 18.6. The maximum atomic E-state index is 12.7. The van der Waals surface area contributed by atoms with Crippen LogP contribution in [0.3, 0.4) is 0 Å². The van der Waals surface area contributed by atoms with Gasteiger partial charge in [-0.1, -0.05) is 19.4 Å². The van der Waals surface area contributed by atoms with Crippen molar-refractivity contribution in [1.82, 2.24) is 0 Å². The summed E-state index contributed by atoms with van der Waals surface area (Å²) in [6, 6.07) is 0. The first-order valence-electron chi connectivity index (χ1n) is 11.1. The van der Waals surface area contributed by atoms with Crippen LogP contribution in [0.2, 0.25) is 0 Å².